The molecular weight excluding hydrogens is 178 g/mol. The summed E-state index contributed by atoms with van der Waals surface area (Å²) in [6.45, 7) is 3.79. The molecule has 0 atom stereocenters. The third-order valence-electron chi connectivity index (χ3n) is 1.45. The molecule has 1 rings (SSSR count). The number of aromatic amines is 1. The lowest BCUT2D eigenvalue weighted by molar-refractivity contribution is 0.814. The van der Waals surface area contributed by atoms with Crippen molar-refractivity contribution >= 4 is 17.5 Å². The zero-order chi connectivity index (χ0) is 9.30. The molecule has 0 saturated heterocycles. The molecule has 1 aromatic rings. The molecule has 0 aliphatic heterocycles. The summed E-state index contributed by atoms with van der Waals surface area (Å²) in [5.74, 6) is 0.204. The predicted octanol–water partition coefficient (Wildman–Crippen LogP) is 1.13. The van der Waals surface area contributed by atoms with Gasteiger partial charge in [-0.25, -0.2) is 4.98 Å². The van der Waals surface area contributed by atoms with Gasteiger partial charge in [-0.1, -0.05) is 25.4 Å². The van der Waals surface area contributed by atoms with E-state index >= 15 is 0 Å². The van der Waals surface area contributed by atoms with Crippen molar-refractivity contribution in [1.29, 1.82) is 0 Å². The fraction of sp³-hybridized carbons (Fsp3) is 0.429. The summed E-state index contributed by atoms with van der Waals surface area (Å²) in [7, 11) is 0. The Kier molecular flexibility index (Phi) is 2.38. The summed E-state index contributed by atoms with van der Waals surface area (Å²) in [5, 5.41) is 0.124. The monoisotopic (exact) mass is 187 g/mol. The summed E-state index contributed by atoms with van der Waals surface area (Å²) in [6, 6.07) is 0. The minimum absolute atomic E-state index is 0.0992. The van der Waals surface area contributed by atoms with E-state index in [9.17, 15) is 4.79 Å². The van der Waals surface area contributed by atoms with Crippen LogP contribution in [0.3, 0.4) is 0 Å². The lowest BCUT2D eigenvalue weighted by Crippen LogP contribution is -2.15. The number of nitrogen functional groups attached to an aromatic ring is 1. The number of aromatic nitrogens is 2. The molecule has 0 spiro atoms. The molecule has 0 aliphatic carbocycles. The van der Waals surface area contributed by atoms with Crippen LogP contribution in [0, 0.1) is 0 Å². The molecule has 3 N–H and O–H groups in total. The number of nitrogens with two attached hydrogens (primary N) is 1. The van der Waals surface area contributed by atoms with Gasteiger partial charge in [-0.15, -0.1) is 0 Å². The summed E-state index contributed by atoms with van der Waals surface area (Å²) < 4.78 is 0. The van der Waals surface area contributed by atoms with Crippen LogP contribution in [0.2, 0.25) is 5.02 Å². The summed E-state index contributed by atoms with van der Waals surface area (Å²) in [5.41, 5.74) is 5.50. The first kappa shape index (κ1) is 9.06. The molecule has 5 heteroatoms. The van der Waals surface area contributed by atoms with Crippen LogP contribution in [0.25, 0.3) is 0 Å². The van der Waals surface area contributed by atoms with Crippen molar-refractivity contribution in [3.8, 4) is 0 Å². The fourth-order valence-corrected chi connectivity index (χ4v) is 1.18. The Morgan fingerprint density at radius 3 is 2.67 bits per heavy atom. The van der Waals surface area contributed by atoms with Gasteiger partial charge in [0.1, 0.15) is 5.02 Å². The molecule has 1 heterocycles. The lowest BCUT2D eigenvalue weighted by Gasteiger charge is -2.05. The number of hydrogen-bond donors (Lipinski definition) is 2. The van der Waals surface area contributed by atoms with Crippen molar-refractivity contribution < 1.29 is 0 Å². The first-order valence-electron chi connectivity index (χ1n) is 3.57. The van der Waals surface area contributed by atoms with Crippen molar-refractivity contribution in [3.63, 3.8) is 0 Å². The van der Waals surface area contributed by atoms with Gasteiger partial charge in [-0.05, 0) is 5.92 Å². The Bertz CT molecular complexity index is 345. The highest BCUT2D eigenvalue weighted by Gasteiger charge is 2.10. The smallest absolute Gasteiger partial charge is 0.271 e. The van der Waals surface area contributed by atoms with E-state index in [1.807, 2.05) is 13.8 Å². The molecule has 0 amide bonds. The molecule has 0 unspecified atom stereocenters. The summed E-state index contributed by atoms with van der Waals surface area (Å²) >= 11 is 5.70. The second-order valence-corrected chi connectivity index (χ2v) is 3.18. The quantitative estimate of drug-likeness (QED) is 0.692. The Balaban J connectivity index is 3.38. The number of rotatable bonds is 1. The van der Waals surface area contributed by atoms with E-state index in [0.717, 1.165) is 0 Å². The van der Waals surface area contributed by atoms with E-state index in [1.54, 1.807) is 0 Å². The highest BCUT2D eigenvalue weighted by atomic mass is 35.5. The highest BCUT2D eigenvalue weighted by molar-refractivity contribution is 6.31. The van der Waals surface area contributed by atoms with Crippen LogP contribution < -0.4 is 11.3 Å². The first-order valence-corrected chi connectivity index (χ1v) is 3.95. The Labute approximate surface area is 74.8 Å². The van der Waals surface area contributed by atoms with Crippen LogP contribution in [0.15, 0.2) is 4.79 Å². The van der Waals surface area contributed by atoms with Crippen molar-refractivity contribution in [2.24, 2.45) is 0 Å². The number of H-pyrrole nitrogens is 1. The average molecular weight is 188 g/mol. The van der Waals surface area contributed by atoms with E-state index in [4.69, 9.17) is 17.3 Å². The van der Waals surface area contributed by atoms with E-state index in [0.29, 0.717) is 5.69 Å². The molecule has 0 radical (unpaired) electrons. The van der Waals surface area contributed by atoms with E-state index in [-0.39, 0.29) is 22.4 Å². The molecule has 4 nitrogen and oxygen atoms in total. The van der Waals surface area contributed by atoms with Crippen molar-refractivity contribution in [3.05, 3.63) is 21.1 Å². The number of hydrogen-bond acceptors (Lipinski definition) is 3. The summed E-state index contributed by atoms with van der Waals surface area (Å²) in [4.78, 5) is 17.3. The number of nitrogens with zero attached hydrogens (tertiary/aromatic N) is 1. The zero-order valence-corrected chi connectivity index (χ0v) is 7.64. The van der Waals surface area contributed by atoms with Crippen molar-refractivity contribution in [2.45, 2.75) is 19.8 Å². The normalized spacial score (nSPS) is 10.7. The summed E-state index contributed by atoms with van der Waals surface area (Å²) in [6.07, 6.45) is 0. The van der Waals surface area contributed by atoms with E-state index in [1.165, 1.54) is 0 Å². The number of halogens is 1. The molecule has 0 bridgehead atoms. The first-order chi connectivity index (χ1) is 5.52. The van der Waals surface area contributed by atoms with Gasteiger partial charge in [0.05, 0.1) is 5.69 Å². The third-order valence-corrected chi connectivity index (χ3v) is 1.82. The standard InChI is InChI=1S/C7H10ClN3O/c1-3(2)5-4(8)6(12)11-7(9)10-5/h3H,1-2H3,(H3,9,10,11,12). The Hall–Kier alpha value is -1.03. The van der Waals surface area contributed by atoms with Crippen LogP contribution in [-0.4, -0.2) is 9.97 Å². The molecule has 0 aromatic carbocycles. The maximum Gasteiger partial charge on any atom is 0.271 e. The van der Waals surface area contributed by atoms with Crippen molar-refractivity contribution in [1.82, 2.24) is 9.97 Å². The fourth-order valence-electron chi connectivity index (χ4n) is 0.877. The average Bonchev–Trinajstić information content (AvgIpc) is 1.96. The maximum absolute atomic E-state index is 11.1. The van der Waals surface area contributed by atoms with Gasteiger partial charge in [0.25, 0.3) is 5.56 Å². The zero-order valence-electron chi connectivity index (χ0n) is 6.89. The van der Waals surface area contributed by atoms with Gasteiger partial charge < -0.3 is 5.73 Å². The number of nitrogens with one attached hydrogen (secondary N) is 1. The predicted molar refractivity (Wildman–Crippen MR) is 48.4 cm³/mol. The van der Waals surface area contributed by atoms with E-state index in [2.05, 4.69) is 9.97 Å². The minimum Gasteiger partial charge on any atom is -0.369 e. The topological polar surface area (TPSA) is 71.8 Å². The Morgan fingerprint density at radius 1 is 1.58 bits per heavy atom. The van der Waals surface area contributed by atoms with Gasteiger partial charge in [-0.3, -0.25) is 9.78 Å². The molecule has 12 heavy (non-hydrogen) atoms. The second-order valence-electron chi connectivity index (χ2n) is 2.81. The van der Waals surface area contributed by atoms with Gasteiger partial charge >= 0.3 is 0 Å². The van der Waals surface area contributed by atoms with Gasteiger partial charge in [0, 0.05) is 0 Å². The van der Waals surface area contributed by atoms with Gasteiger partial charge in [0.2, 0.25) is 5.95 Å². The number of anilines is 1. The van der Waals surface area contributed by atoms with E-state index < -0.39 is 0 Å². The molecule has 66 valence electrons. The molecular formula is C7H10ClN3O. The van der Waals surface area contributed by atoms with Crippen molar-refractivity contribution in [2.75, 3.05) is 5.73 Å². The molecule has 0 aliphatic rings. The van der Waals surface area contributed by atoms with Crippen LogP contribution in [0.4, 0.5) is 5.95 Å². The molecule has 0 fully saturated rings. The Morgan fingerprint density at radius 2 is 2.17 bits per heavy atom. The van der Waals surface area contributed by atoms with Crippen LogP contribution in [-0.2, 0) is 0 Å². The van der Waals surface area contributed by atoms with Gasteiger partial charge in [0.15, 0.2) is 0 Å². The largest absolute Gasteiger partial charge is 0.369 e. The molecule has 1 aromatic heterocycles. The molecule has 0 saturated carbocycles. The minimum atomic E-state index is -0.382. The van der Waals surface area contributed by atoms with Crippen LogP contribution in [0.1, 0.15) is 25.5 Å². The van der Waals surface area contributed by atoms with Crippen LogP contribution >= 0.6 is 11.6 Å². The highest BCUT2D eigenvalue weighted by Crippen LogP contribution is 2.17. The second kappa shape index (κ2) is 3.15. The SMILES string of the molecule is CC(C)c1nc(N)[nH]c(=O)c1Cl. The lowest BCUT2D eigenvalue weighted by atomic mass is 10.1. The third kappa shape index (κ3) is 1.58. The van der Waals surface area contributed by atoms with Crippen LogP contribution in [0.5, 0.6) is 0 Å². The van der Waals surface area contributed by atoms with Gasteiger partial charge in [-0.2, -0.15) is 0 Å². The maximum atomic E-state index is 11.1.